The van der Waals surface area contributed by atoms with Crippen LogP contribution in [0.4, 0.5) is 11.4 Å². The standard InChI is InChI=1S/C18H22N2O2/c1-12-3-4-15(20-5-7-22-8-6-20)11-16(12)17-9-14(19)10-18(21)13(17)2/h3-4,9-11,21H,5-8,19H2,1-2H3. The van der Waals surface area contributed by atoms with E-state index in [1.54, 1.807) is 6.07 Å². The van der Waals surface area contributed by atoms with Crippen molar-refractivity contribution in [3.05, 3.63) is 41.5 Å². The summed E-state index contributed by atoms with van der Waals surface area (Å²) in [4.78, 5) is 2.33. The molecule has 2 aromatic carbocycles. The Labute approximate surface area is 131 Å². The maximum absolute atomic E-state index is 10.0. The molecule has 0 saturated carbocycles. The van der Waals surface area contributed by atoms with E-state index < -0.39 is 0 Å². The molecule has 1 aliphatic heterocycles. The number of hydrogen-bond acceptors (Lipinski definition) is 4. The van der Waals surface area contributed by atoms with Gasteiger partial charge in [0.05, 0.1) is 13.2 Å². The first kappa shape index (κ1) is 14.7. The predicted molar refractivity (Wildman–Crippen MR) is 90.5 cm³/mol. The van der Waals surface area contributed by atoms with E-state index in [9.17, 15) is 5.11 Å². The van der Waals surface area contributed by atoms with Crippen molar-refractivity contribution in [1.29, 1.82) is 0 Å². The van der Waals surface area contributed by atoms with E-state index in [4.69, 9.17) is 10.5 Å². The van der Waals surface area contributed by atoms with Gasteiger partial charge in [0.25, 0.3) is 0 Å². The van der Waals surface area contributed by atoms with Gasteiger partial charge in [0, 0.05) is 30.5 Å². The highest BCUT2D eigenvalue weighted by Gasteiger charge is 2.15. The highest BCUT2D eigenvalue weighted by atomic mass is 16.5. The van der Waals surface area contributed by atoms with E-state index in [2.05, 4.69) is 30.0 Å². The molecule has 0 radical (unpaired) electrons. The number of nitrogens with zero attached hydrogens (tertiary/aromatic N) is 1. The smallest absolute Gasteiger partial charge is 0.121 e. The van der Waals surface area contributed by atoms with Crippen LogP contribution in [0.2, 0.25) is 0 Å². The Morgan fingerprint density at radius 3 is 2.50 bits per heavy atom. The molecule has 0 atom stereocenters. The van der Waals surface area contributed by atoms with Crippen molar-refractivity contribution in [2.75, 3.05) is 36.9 Å². The summed E-state index contributed by atoms with van der Waals surface area (Å²) in [5.74, 6) is 0.242. The Bertz CT molecular complexity index is 692. The van der Waals surface area contributed by atoms with Gasteiger partial charge in [-0.3, -0.25) is 0 Å². The Morgan fingerprint density at radius 2 is 1.77 bits per heavy atom. The maximum Gasteiger partial charge on any atom is 0.121 e. The van der Waals surface area contributed by atoms with Gasteiger partial charge < -0.3 is 20.5 Å². The molecule has 22 heavy (non-hydrogen) atoms. The molecule has 1 aliphatic rings. The average Bonchev–Trinajstić information content (AvgIpc) is 2.52. The van der Waals surface area contributed by atoms with Crippen LogP contribution in [0.5, 0.6) is 5.75 Å². The van der Waals surface area contributed by atoms with Crippen molar-refractivity contribution < 1.29 is 9.84 Å². The SMILES string of the molecule is Cc1ccc(N2CCOCC2)cc1-c1cc(N)cc(O)c1C. The van der Waals surface area contributed by atoms with Crippen LogP contribution in [0.1, 0.15) is 11.1 Å². The van der Waals surface area contributed by atoms with Crippen LogP contribution in [-0.4, -0.2) is 31.4 Å². The molecule has 1 heterocycles. The van der Waals surface area contributed by atoms with Crippen LogP contribution >= 0.6 is 0 Å². The Morgan fingerprint density at radius 1 is 1.05 bits per heavy atom. The predicted octanol–water partition coefficient (Wildman–Crippen LogP) is 3.09. The maximum atomic E-state index is 10.0. The third kappa shape index (κ3) is 2.74. The number of aromatic hydroxyl groups is 1. The van der Waals surface area contributed by atoms with Gasteiger partial charge in [-0.25, -0.2) is 0 Å². The molecule has 4 heteroatoms. The summed E-state index contributed by atoms with van der Waals surface area (Å²) in [5.41, 5.74) is 11.8. The number of aryl methyl sites for hydroxylation is 1. The van der Waals surface area contributed by atoms with Crippen LogP contribution in [0, 0.1) is 13.8 Å². The fourth-order valence-electron chi connectivity index (χ4n) is 2.92. The molecule has 0 aliphatic carbocycles. The second-order valence-electron chi connectivity index (χ2n) is 5.81. The molecular formula is C18H22N2O2. The van der Waals surface area contributed by atoms with E-state index >= 15 is 0 Å². The van der Waals surface area contributed by atoms with E-state index in [-0.39, 0.29) is 5.75 Å². The summed E-state index contributed by atoms with van der Waals surface area (Å²) < 4.78 is 5.42. The molecule has 0 amide bonds. The van der Waals surface area contributed by atoms with Crippen molar-refractivity contribution in [3.8, 4) is 16.9 Å². The number of phenolic OH excluding ortho intramolecular Hbond substituents is 1. The van der Waals surface area contributed by atoms with Crippen LogP contribution in [0.25, 0.3) is 11.1 Å². The molecule has 1 saturated heterocycles. The minimum atomic E-state index is 0.242. The normalized spacial score (nSPS) is 15.1. The van der Waals surface area contributed by atoms with E-state index in [0.29, 0.717) is 5.69 Å². The number of anilines is 2. The lowest BCUT2D eigenvalue weighted by atomic mass is 9.94. The fraction of sp³-hybridized carbons (Fsp3) is 0.333. The minimum absolute atomic E-state index is 0.242. The van der Waals surface area contributed by atoms with Gasteiger partial charge >= 0.3 is 0 Å². The molecule has 2 aromatic rings. The third-order valence-electron chi connectivity index (χ3n) is 4.29. The lowest BCUT2D eigenvalue weighted by molar-refractivity contribution is 0.122. The molecule has 116 valence electrons. The molecule has 4 nitrogen and oxygen atoms in total. The summed E-state index contributed by atoms with van der Waals surface area (Å²) in [7, 11) is 0. The summed E-state index contributed by atoms with van der Waals surface area (Å²) in [6, 6.07) is 9.98. The van der Waals surface area contributed by atoms with Gasteiger partial charge in [0.1, 0.15) is 5.75 Å². The van der Waals surface area contributed by atoms with Crippen molar-refractivity contribution in [1.82, 2.24) is 0 Å². The zero-order valence-electron chi connectivity index (χ0n) is 13.1. The molecule has 0 unspecified atom stereocenters. The van der Waals surface area contributed by atoms with Gasteiger partial charge in [-0.05, 0) is 54.3 Å². The Hall–Kier alpha value is -2.20. The first-order valence-corrected chi connectivity index (χ1v) is 7.59. The largest absolute Gasteiger partial charge is 0.508 e. The van der Waals surface area contributed by atoms with Crippen LogP contribution in [0.3, 0.4) is 0 Å². The number of ether oxygens (including phenoxy) is 1. The summed E-state index contributed by atoms with van der Waals surface area (Å²) in [6.45, 7) is 7.35. The lowest BCUT2D eigenvalue weighted by Gasteiger charge is -2.29. The first-order chi connectivity index (χ1) is 10.6. The average molecular weight is 298 g/mol. The third-order valence-corrected chi connectivity index (χ3v) is 4.29. The second kappa shape index (κ2) is 5.89. The van der Waals surface area contributed by atoms with E-state index in [1.165, 1.54) is 11.3 Å². The van der Waals surface area contributed by atoms with Crippen molar-refractivity contribution in [2.24, 2.45) is 0 Å². The van der Waals surface area contributed by atoms with Crippen molar-refractivity contribution >= 4 is 11.4 Å². The number of hydrogen-bond donors (Lipinski definition) is 2. The fourth-order valence-corrected chi connectivity index (χ4v) is 2.92. The number of nitrogen functional groups attached to an aromatic ring is 1. The molecule has 0 aromatic heterocycles. The topological polar surface area (TPSA) is 58.7 Å². The molecule has 0 spiro atoms. The van der Waals surface area contributed by atoms with Crippen LogP contribution in [0.15, 0.2) is 30.3 Å². The zero-order valence-corrected chi connectivity index (χ0v) is 13.1. The molecule has 1 fully saturated rings. The molecule has 3 N–H and O–H groups in total. The van der Waals surface area contributed by atoms with Crippen LogP contribution in [-0.2, 0) is 4.74 Å². The van der Waals surface area contributed by atoms with Gasteiger partial charge in [-0.15, -0.1) is 0 Å². The number of phenols is 1. The summed E-state index contributed by atoms with van der Waals surface area (Å²) in [5, 5.41) is 10.0. The van der Waals surface area contributed by atoms with Crippen molar-refractivity contribution in [3.63, 3.8) is 0 Å². The van der Waals surface area contributed by atoms with Gasteiger partial charge in [0.15, 0.2) is 0 Å². The lowest BCUT2D eigenvalue weighted by Crippen LogP contribution is -2.36. The first-order valence-electron chi connectivity index (χ1n) is 7.59. The van der Waals surface area contributed by atoms with Crippen molar-refractivity contribution in [2.45, 2.75) is 13.8 Å². The summed E-state index contributed by atoms with van der Waals surface area (Å²) >= 11 is 0. The van der Waals surface area contributed by atoms with E-state index in [0.717, 1.165) is 43.0 Å². The highest BCUT2D eigenvalue weighted by Crippen LogP contribution is 2.35. The number of rotatable bonds is 2. The molecule has 0 bridgehead atoms. The monoisotopic (exact) mass is 298 g/mol. The van der Waals surface area contributed by atoms with Gasteiger partial charge in [0.2, 0.25) is 0 Å². The minimum Gasteiger partial charge on any atom is -0.508 e. The molecule has 3 rings (SSSR count). The van der Waals surface area contributed by atoms with E-state index in [1.807, 2.05) is 13.0 Å². The zero-order chi connectivity index (χ0) is 15.7. The summed E-state index contributed by atoms with van der Waals surface area (Å²) in [6.07, 6.45) is 0. The number of nitrogens with two attached hydrogens (primary N) is 1. The molecular weight excluding hydrogens is 276 g/mol. The second-order valence-corrected chi connectivity index (χ2v) is 5.81. The number of morpholine rings is 1. The number of benzene rings is 2. The quantitative estimate of drug-likeness (QED) is 0.837. The van der Waals surface area contributed by atoms with Gasteiger partial charge in [-0.2, -0.15) is 0 Å². The Balaban J connectivity index is 2.07. The van der Waals surface area contributed by atoms with Gasteiger partial charge in [-0.1, -0.05) is 6.07 Å². The van der Waals surface area contributed by atoms with Crippen LogP contribution < -0.4 is 10.6 Å². The highest BCUT2D eigenvalue weighted by molar-refractivity contribution is 5.78. The Kier molecular flexibility index (Phi) is 3.94.